The van der Waals surface area contributed by atoms with Crippen molar-refractivity contribution in [2.45, 2.75) is 39.7 Å². The lowest BCUT2D eigenvalue weighted by Crippen LogP contribution is -2.11. The lowest BCUT2D eigenvalue weighted by molar-refractivity contribution is 1.04. The van der Waals surface area contributed by atoms with Gasteiger partial charge >= 0.3 is 0 Å². The Hall–Kier alpha value is -1.71. The van der Waals surface area contributed by atoms with Gasteiger partial charge in [-0.1, -0.05) is 6.08 Å². The lowest BCUT2D eigenvalue weighted by atomic mass is 10.1. The molecule has 1 N–H and O–H groups in total. The molecule has 0 radical (unpaired) electrons. The molecule has 0 spiro atoms. The van der Waals surface area contributed by atoms with E-state index in [1.165, 1.54) is 18.4 Å². The summed E-state index contributed by atoms with van der Waals surface area (Å²) in [6.07, 6.45) is 6.39. The van der Waals surface area contributed by atoms with Crippen molar-refractivity contribution in [2.24, 2.45) is 4.99 Å². The maximum absolute atomic E-state index is 4.60. The van der Waals surface area contributed by atoms with Gasteiger partial charge in [0.2, 0.25) is 5.95 Å². The molecular weight excluding hydrogens is 224 g/mol. The van der Waals surface area contributed by atoms with Crippen LogP contribution in [0.3, 0.4) is 0 Å². The quantitative estimate of drug-likeness (QED) is 0.828. The first-order chi connectivity index (χ1) is 8.65. The molecule has 0 atom stereocenters. The first kappa shape index (κ1) is 12.7. The number of nitrogens with one attached hydrogen (secondary N) is 1. The molecule has 2 rings (SSSR count). The molecule has 0 amide bonds. The minimum Gasteiger partial charge on any atom is -0.351 e. The maximum Gasteiger partial charge on any atom is 0.223 e. The van der Waals surface area contributed by atoms with Crippen molar-refractivity contribution in [3.8, 4) is 0 Å². The molecule has 0 aromatic carbocycles. The zero-order chi connectivity index (χ0) is 13.1. The van der Waals surface area contributed by atoms with Crippen LogP contribution in [0.1, 0.15) is 44.9 Å². The topological polar surface area (TPSA) is 50.2 Å². The summed E-state index contributed by atoms with van der Waals surface area (Å²) in [5.41, 5.74) is 4.09. The van der Waals surface area contributed by atoms with Crippen molar-refractivity contribution in [1.82, 2.24) is 9.97 Å². The Labute approximate surface area is 108 Å². The fourth-order valence-corrected chi connectivity index (χ4v) is 1.69. The molecule has 1 aromatic rings. The largest absolute Gasteiger partial charge is 0.351 e. The van der Waals surface area contributed by atoms with Crippen LogP contribution in [-0.2, 0) is 0 Å². The zero-order valence-corrected chi connectivity index (χ0v) is 11.5. The number of anilines is 1. The highest BCUT2D eigenvalue weighted by Gasteiger charge is 2.22. The van der Waals surface area contributed by atoms with Gasteiger partial charge in [0.25, 0.3) is 0 Å². The summed E-state index contributed by atoms with van der Waals surface area (Å²) < 4.78 is 0. The van der Waals surface area contributed by atoms with Crippen LogP contribution < -0.4 is 5.32 Å². The van der Waals surface area contributed by atoms with Gasteiger partial charge in [-0.2, -0.15) is 0 Å². The predicted octanol–water partition coefficient (Wildman–Crippen LogP) is 2.91. The van der Waals surface area contributed by atoms with Gasteiger partial charge in [0.15, 0.2) is 0 Å². The molecule has 0 unspecified atom stereocenters. The van der Waals surface area contributed by atoms with E-state index >= 15 is 0 Å². The summed E-state index contributed by atoms with van der Waals surface area (Å²) in [6, 6.07) is 0.561. The highest BCUT2D eigenvalue weighted by molar-refractivity contribution is 6.01. The van der Waals surface area contributed by atoms with Crippen molar-refractivity contribution < 1.29 is 0 Å². The van der Waals surface area contributed by atoms with Crippen LogP contribution in [0.25, 0.3) is 5.57 Å². The monoisotopic (exact) mass is 244 g/mol. The lowest BCUT2D eigenvalue weighted by Gasteiger charge is -2.11. The third-order valence-electron chi connectivity index (χ3n) is 3.24. The number of nitrogens with zero attached hydrogens (tertiary/aromatic N) is 3. The number of allylic oxidation sites excluding steroid dienone is 2. The Bertz CT molecular complexity index is 499. The van der Waals surface area contributed by atoms with E-state index in [0.717, 1.165) is 17.0 Å². The Morgan fingerprint density at radius 3 is 2.72 bits per heavy atom. The molecule has 4 heteroatoms. The van der Waals surface area contributed by atoms with Crippen LogP contribution in [0.5, 0.6) is 0 Å². The Morgan fingerprint density at radius 1 is 1.44 bits per heavy atom. The first-order valence-electron chi connectivity index (χ1n) is 6.36. The molecule has 1 aliphatic rings. The van der Waals surface area contributed by atoms with E-state index < -0.39 is 0 Å². The van der Waals surface area contributed by atoms with E-state index in [2.05, 4.69) is 33.3 Å². The summed E-state index contributed by atoms with van der Waals surface area (Å²) in [4.78, 5) is 13.2. The van der Waals surface area contributed by atoms with Gasteiger partial charge in [0, 0.05) is 24.8 Å². The molecule has 96 valence electrons. The summed E-state index contributed by atoms with van der Waals surface area (Å²) in [6.45, 7) is 6.07. The number of rotatable bonds is 4. The van der Waals surface area contributed by atoms with E-state index in [-0.39, 0.29) is 0 Å². The summed E-state index contributed by atoms with van der Waals surface area (Å²) >= 11 is 0. The fourth-order valence-electron chi connectivity index (χ4n) is 1.69. The van der Waals surface area contributed by atoms with Gasteiger partial charge in [-0.3, -0.25) is 4.99 Å². The molecule has 1 saturated carbocycles. The second-order valence-corrected chi connectivity index (χ2v) is 4.66. The second-order valence-electron chi connectivity index (χ2n) is 4.66. The molecule has 0 bridgehead atoms. The van der Waals surface area contributed by atoms with Crippen LogP contribution in [0.15, 0.2) is 17.3 Å². The van der Waals surface area contributed by atoms with Crippen LogP contribution in [-0.4, -0.2) is 28.8 Å². The van der Waals surface area contributed by atoms with Crippen LogP contribution in [0.2, 0.25) is 0 Å². The number of aliphatic imine (C=N–C) groups is 1. The van der Waals surface area contributed by atoms with Crippen molar-refractivity contribution in [3.63, 3.8) is 0 Å². The summed E-state index contributed by atoms with van der Waals surface area (Å²) in [7, 11) is 1.79. The standard InChI is InChI=1S/C14H20N4/c1-5-9(2)12-8-16-14(17-11-6-7-11)18-13(12)10(3)15-4/h5,8,11H,6-7H2,1-4H3,(H,16,17,18). The van der Waals surface area contributed by atoms with Gasteiger partial charge < -0.3 is 5.32 Å². The van der Waals surface area contributed by atoms with Crippen LogP contribution >= 0.6 is 0 Å². The van der Waals surface area contributed by atoms with Gasteiger partial charge in [-0.25, -0.2) is 9.97 Å². The molecule has 18 heavy (non-hydrogen) atoms. The molecule has 0 aliphatic heterocycles. The smallest absolute Gasteiger partial charge is 0.223 e. The van der Waals surface area contributed by atoms with E-state index in [1.807, 2.05) is 20.0 Å². The van der Waals surface area contributed by atoms with E-state index in [4.69, 9.17) is 0 Å². The molecule has 1 aromatic heterocycles. The number of hydrogen-bond acceptors (Lipinski definition) is 4. The Balaban J connectivity index is 2.40. The SMILES string of the molecule is CC=C(C)c1cnc(NC2CC2)nc1C(C)=NC. The van der Waals surface area contributed by atoms with Crippen molar-refractivity contribution in [2.75, 3.05) is 12.4 Å². The van der Waals surface area contributed by atoms with Crippen LogP contribution in [0, 0.1) is 0 Å². The Morgan fingerprint density at radius 2 is 2.17 bits per heavy atom. The number of hydrogen-bond donors (Lipinski definition) is 1. The van der Waals surface area contributed by atoms with Crippen LogP contribution in [0.4, 0.5) is 5.95 Å². The predicted molar refractivity (Wildman–Crippen MR) is 76.1 cm³/mol. The minimum atomic E-state index is 0.561. The zero-order valence-electron chi connectivity index (χ0n) is 11.5. The Kier molecular flexibility index (Phi) is 3.75. The van der Waals surface area contributed by atoms with Crippen molar-refractivity contribution in [1.29, 1.82) is 0 Å². The molecule has 1 aliphatic carbocycles. The highest BCUT2D eigenvalue weighted by Crippen LogP contribution is 2.24. The van der Waals surface area contributed by atoms with Gasteiger partial charge in [0.05, 0.1) is 11.4 Å². The first-order valence-corrected chi connectivity index (χ1v) is 6.36. The van der Waals surface area contributed by atoms with Crippen molar-refractivity contribution >= 4 is 17.2 Å². The minimum absolute atomic E-state index is 0.561. The van der Waals surface area contributed by atoms with Gasteiger partial charge in [-0.05, 0) is 39.2 Å². The molecular formula is C14H20N4. The van der Waals surface area contributed by atoms with Gasteiger partial charge in [0.1, 0.15) is 0 Å². The normalized spacial score (nSPS) is 16.9. The van der Waals surface area contributed by atoms with E-state index in [1.54, 1.807) is 7.05 Å². The maximum atomic E-state index is 4.60. The molecule has 0 saturated heterocycles. The average Bonchev–Trinajstić information content (AvgIpc) is 3.20. The van der Waals surface area contributed by atoms with Gasteiger partial charge in [-0.15, -0.1) is 0 Å². The van der Waals surface area contributed by atoms with E-state index in [0.29, 0.717) is 12.0 Å². The molecule has 4 nitrogen and oxygen atoms in total. The third-order valence-corrected chi connectivity index (χ3v) is 3.24. The van der Waals surface area contributed by atoms with Crippen molar-refractivity contribution in [3.05, 3.63) is 23.5 Å². The number of aromatic nitrogens is 2. The molecule has 1 fully saturated rings. The molecule has 1 heterocycles. The fraction of sp³-hybridized carbons (Fsp3) is 0.500. The third kappa shape index (κ3) is 2.75. The second kappa shape index (κ2) is 5.29. The average molecular weight is 244 g/mol. The van der Waals surface area contributed by atoms with E-state index in [9.17, 15) is 0 Å². The summed E-state index contributed by atoms with van der Waals surface area (Å²) in [5, 5.41) is 3.32. The highest BCUT2D eigenvalue weighted by atomic mass is 15.1. The summed E-state index contributed by atoms with van der Waals surface area (Å²) in [5.74, 6) is 0.711.